The fourth-order valence-electron chi connectivity index (χ4n) is 7.95. The molecule has 0 radical (unpaired) electrons. The molecule has 3 rings (SSSR count). The fourth-order valence-corrected chi connectivity index (χ4v) is 9.51. The molecule has 434 valence electrons. The van der Waals surface area contributed by atoms with Gasteiger partial charge in [0.25, 0.3) is 0 Å². The standard InChI is InChI=1S/C57H86F2N6O11SSi/c1-54(2,3)49(45-31-38(40-32-39(58)21-22-41(40)59)34-64(45)33-37-19-17-16-18-20-37)65(47(67)36-77-35-42(60)51(70)75-56(7,8)9)28-26-43(63-53(72)73-29-30-78(13,14)15)50(69)61-27-25-46(66)62-44(52(71)76-57(10,11)12)23-24-48(68)74-55(4,5)6/h16-22,31-32,34,42-44,49H,23-30,33,35-36,60H2,1-15H3,(H,61,69)(H,62,66)(H,63,72)/t42-,43-,44+,49-/m0/s1. The Labute approximate surface area is 465 Å². The molecule has 1 aromatic heterocycles. The van der Waals surface area contributed by atoms with Crippen molar-refractivity contribution in [2.75, 3.05) is 31.2 Å². The molecule has 0 saturated heterocycles. The number of hydrogen-bond donors (Lipinski definition) is 4. The van der Waals surface area contributed by atoms with E-state index in [0.717, 1.165) is 35.5 Å². The van der Waals surface area contributed by atoms with E-state index >= 15 is 4.39 Å². The average Bonchev–Trinajstić information content (AvgIpc) is 3.68. The molecule has 78 heavy (non-hydrogen) atoms. The van der Waals surface area contributed by atoms with Crippen LogP contribution in [0.4, 0.5) is 13.6 Å². The second-order valence-corrected chi connectivity index (χ2v) is 31.3. The van der Waals surface area contributed by atoms with Gasteiger partial charge in [-0.1, -0.05) is 70.7 Å². The number of amides is 4. The predicted molar refractivity (Wildman–Crippen MR) is 302 cm³/mol. The number of halogens is 2. The number of ether oxygens (including phenoxy) is 4. The van der Waals surface area contributed by atoms with E-state index in [1.165, 1.54) is 0 Å². The van der Waals surface area contributed by atoms with E-state index in [1.807, 2.05) is 55.7 Å². The summed E-state index contributed by atoms with van der Waals surface area (Å²) in [5.41, 5.74) is 4.74. The maximum atomic E-state index is 15.6. The summed E-state index contributed by atoms with van der Waals surface area (Å²) in [6.07, 6.45) is 0.00481. The Kier molecular flexibility index (Phi) is 24.6. The molecule has 0 aliphatic heterocycles. The molecule has 4 amide bonds. The lowest BCUT2D eigenvalue weighted by atomic mass is 9.82. The van der Waals surface area contributed by atoms with Crippen molar-refractivity contribution >= 4 is 61.6 Å². The predicted octanol–water partition coefficient (Wildman–Crippen LogP) is 9.08. The zero-order valence-corrected chi connectivity index (χ0v) is 50.3. The van der Waals surface area contributed by atoms with Gasteiger partial charge in [-0.15, -0.1) is 11.8 Å². The summed E-state index contributed by atoms with van der Waals surface area (Å²) >= 11 is 1.11. The zero-order valence-electron chi connectivity index (χ0n) is 48.5. The van der Waals surface area contributed by atoms with Gasteiger partial charge in [0, 0.05) is 69.3 Å². The monoisotopic (exact) mass is 1130 g/mol. The van der Waals surface area contributed by atoms with E-state index in [9.17, 15) is 38.0 Å². The first-order valence-corrected chi connectivity index (χ1v) is 31.3. The highest BCUT2D eigenvalue weighted by atomic mass is 32.2. The number of esters is 3. The number of rotatable bonds is 26. The van der Waals surface area contributed by atoms with Gasteiger partial charge in [-0.25, -0.2) is 18.4 Å². The minimum atomic E-state index is -1.66. The SMILES string of the molecule is CC(C)(C)OC(=O)CC[C@@H](NC(=O)CCNC(=O)[C@H](CCN(C(=O)CSC[C@H](N)C(=O)OC(C)(C)C)[C@@H](c1cc(-c2cc(F)ccc2F)cn1Cc1ccccc1)C(C)(C)C)NC(=O)OCC[Si](C)(C)C)C(=O)OC(C)(C)C. The molecular weight excluding hydrogens is 1040 g/mol. The molecule has 17 nitrogen and oxygen atoms in total. The average molecular weight is 1130 g/mol. The van der Waals surface area contributed by atoms with Crippen LogP contribution in [0.3, 0.4) is 0 Å². The molecule has 0 aliphatic rings. The Hall–Kier alpha value is -5.80. The fraction of sp³-hybridized carbons (Fsp3) is 0.596. The molecule has 3 aromatic rings. The molecule has 0 fully saturated rings. The first kappa shape index (κ1) is 66.5. The number of nitrogens with two attached hydrogens (primary N) is 1. The Bertz CT molecular complexity index is 2510. The third-order valence-electron chi connectivity index (χ3n) is 11.4. The summed E-state index contributed by atoms with van der Waals surface area (Å²) in [5, 5.41) is 8.01. The van der Waals surface area contributed by atoms with Crippen molar-refractivity contribution in [1.82, 2.24) is 25.4 Å². The van der Waals surface area contributed by atoms with Crippen LogP contribution < -0.4 is 21.7 Å². The van der Waals surface area contributed by atoms with Crippen LogP contribution in [0.25, 0.3) is 11.1 Å². The van der Waals surface area contributed by atoms with Crippen molar-refractivity contribution in [2.45, 2.75) is 182 Å². The minimum absolute atomic E-state index is 0.00343. The summed E-state index contributed by atoms with van der Waals surface area (Å²) in [6, 6.07) is 10.5. The first-order chi connectivity index (χ1) is 35.9. The number of benzene rings is 2. The topological polar surface area (TPSA) is 227 Å². The van der Waals surface area contributed by atoms with E-state index in [1.54, 1.807) is 79.5 Å². The number of nitrogens with one attached hydrogen (secondary N) is 3. The van der Waals surface area contributed by atoms with Gasteiger partial charge in [-0.2, -0.15) is 0 Å². The molecule has 1 heterocycles. The third-order valence-corrected chi connectivity index (χ3v) is 14.2. The minimum Gasteiger partial charge on any atom is -0.460 e. The van der Waals surface area contributed by atoms with Crippen LogP contribution in [0.5, 0.6) is 0 Å². The zero-order chi connectivity index (χ0) is 59.0. The highest BCUT2D eigenvalue weighted by Gasteiger charge is 2.39. The van der Waals surface area contributed by atoms with Crippen molar-refractivity contribution in [3.63, 3.8) is 0 Å². The highest BCUT2D eigenvalue weighted by molar-refractivity contribution is 8.00. The third kappa shape index (κ3) is 24.5. The molecule has 0 saturated carbocycles. The van der Waals surface area contributed by atoms with Gasteiger partial charge in [-0.3, -0.25) is 24.0 Å². The van der Waals surface area contributed by atoms with Crippen LogP contribution in [-0.4, -0.2) is 125 Å². The first-order valence-electron chi connectivity index (χ1n) is 26.4. The van der Waals surface area contributed by atoms with Gasteiger partial charge in [0.1, 0.15) is 46.6 Å². The van der Waals surface area contributed by atoms with Gasteiger partial charge >= 0.3 is 24.0 Å². The Morgan fingerprint density at radius 2 is 1.37 bits per heavy atom. The Balaban J connectivity index is 2.07. The van der Waals surface area contributed by atoms with Crippen molar-refractivity contribution in [2.24, 2.45) is 11.1 Å². The van der Waals surface area contributed by atoms with Gasteiger partial charge in [-0.05, 0) is 116 Å². The second-order valence-electron chi connectivity index (χ2n) is 24.7. The summed E-state index contributed by atoms with van der Waals surface area (Å²) in [7, 11) is -1.66. The largest absolute Gasteiger partial charge is 0.460 e. The Morgan fingerprint density at radius 1 is 0.756 bits per heavy atom. The van der Waals surface area contributed by atoms with E-state index in [4.69, 9.17) is 24.7 Å². The van der Waals surface area contributed by atoms with Crippen LogP contribution in [0.2, 0.25) is 25.7 Å². The number of nitrogens with zero attached hydrogens (tertiary/aromatic N) is 2. The van der Waals surface area contributed by atoms with E-state index in [0.29, 0.717) is 17.3 Å². The molecule has 0 bridgehead atoms. The normalized spacial score (nSPS) is 13.8. The van der Waals surface area contributed by atoms with Gasteiger partial charge in [0.15, 0.2) is 0 Å². The summed E-state index contributed by atoms with van der Waals surface area (Å²) < 4.78 is 54.2. The molecule has 5 N–H and O–H groups in total. The molecule has 0 spiro atoms. The van der Waals surface area contributed by atoms with Gasteiger partial charge in [0.2, 0.25) is 17.7 Å². The molecule has 2 aromatic carbocycles. The number of carbonyl (C=O) groups is 7. The van der Waals surface area contributed by atoms with E-state index in [2.05, 4.69) is 35.6 Å². The van der Waals surface area contributed by atoms with Crippen molar-refractivity contribution < 1.29 is 61.3 Å². The van der Waals surface area contributed by atoms with Crippen molar-refractivity contribution in [3.05, 3.63) is 83.7 Å². The lowest BCUT2D eigenvalue weighted by Gasteiger charge is -2.41. The molecular formula is C57H86F2N6O11SSi. The molecule has 0 unspecified atom stereocenters. The lowest BCUT2D eigenvalue weighted by Crippen LogP contribution is -2.51. The Morgan fingerprint density at radius 3 is 1.96 bits per heavy atom. The van der Waals surface area contributed by atoms with Crippen LogP contribution in [0, 0.1) is 17.0 Å². The number of thioether (sulfide) groups is 1. The summed E-state index contributed by atoms with van der Waals surface area (Å²) in [5.74, 6) is -5.23. The maximum Gasteiger partial charge on any atom is 0.407 e. The van der Waals surface area contributed by atoms with E-state index in [-0.39, 0.29) is 69.0 Å². The molecule has 4 atom stereocenters. The van der Waals surface area contributed by atoms with Crippen LogP contribution in [0.1, 0.15) is 126 Å². The molecule has 0 aliphatic carbocycles. The van der Waals surface area contributed by atoms with E-state index < -0.39 is 108 Å². The van der Waals surface area contributed by atoms with Gasteiger partial charge < -0.3 is 50.1 Å². The number of alkyl carbamates (subject to hydrolysis) is 1. The number of aromatic nitrogens is 1. The number of hydrogen-bond acceptors (Lipinski definition) is 13. The number of carbonyl (C=O) groups excluding carboxylic acids is 7. The lowest BCUT2D eigenvalue weighted by molar-refractivity contribution is -0.160. The quantitative estimate of drug-likeness (QED) is 0.0335. The molecule has 21 heteroatoms. The maximum absolute atomic E-state index is 15.6. The van der Waals surface area contributed by atoms with Crippen molar-refractivity contribution in [3.8, 4) is 11.1 Å². The van der Waals surface area contributed by atoms with Crippen LogP contribution >= 0.6 is 11.8 Å². The smallest absolute Gasteiger partial charge is 0.407 e. The summed E-state index contributed by atoms with van der Waals surface area (Å²) in [6.45, 7) is 27.3. The van der Waals surface area contributed by atoms with Gasteiger partial charge in [0.05, 0.1) is 18.4 Å². The second kappa shape index (κ2) is 28.9. The highest BCUT2D eigenvalue weighted by Crippen LogP contribution is 2.42. The summed E-state index contributed by atoms with van der Waals surface area (Å²) in [4.78, 5) is 96.5. The van der Waals surface area contributed by atoms with Crippen LogP contribution in [-0.2, 0) is 54.3 Å². The van der Waals surface area contributed by atoms with Crippen LogP contribution in [0.15, 0.2) is 60.8 Å². The van der Waals surface area contributed by atoms with Crippen molar-refractivity contribution in [1.29, 1.82) is 0 Å².